The van der Waals surface area contributed by atoms with Crippen LogP contribution in [0, 0.1) is 6.92 Å². The van der Waals surface area contributed by atoms with Crippen molar-refractivity contribution in [3.05, 3.63) is 53.0 Å². The number of aliphatic hydroxyl groups excluding tert-OH is 1. The van der Waals surface area contributed by atoms with Crippen LogP contribution in [0.3, 0.4) is 0 Å². The predicted octanol–water partition coefficient (Wildman–Crippen LogP) is 2.90. The summed E-state index contributed by atoms with van der Waals surface area (Å²) in [5.74, 6) is 0.857. The molecule has 100 valence electrons. The van der Waals surface area contributed by atoms with E-state index in [1.54, 1.807) is 30.3 Å². The van der Waals surface area contributed by atoms with Crippen molar-refractivity contribution in [3.8, 4) is 0 Å². The average molecular weight is 259 g/mol. The molecule has 0 atom stereocenters. The number of aliphatic hydroxyl groups is 1. The van der Waals surface area contributed by atoms with Crippen LogP contribution >= 0.6 is 0 Å². The first-order valence-corrected chi connectivity index (χ1v) is 6.24. The van der Waals surface area contributed by atoms with Crippen LogP contribution in [0.25, 0.3) is 0 Å². The summed E-state index contributed by atoms with van der Waals surface area (Å²) in [7, 11) is 0. The third-order valence-electron chi connectivity index (χ3n) is 2.93. The average Bonchev–Trinajstić information content (AvgIpc) is 2.80. The summed E-state index contributed by atoms with van der Waals surface area (Å²) in [6.07, 6.45) is 0.763. The highest BCUT2D eigenvalue weighted by molar-refractivity contribution is 6.02. The van der Waals surface area contributed by atoms with Crippen LogP contribution in [0.15, 0.2) is 34.7 Å². The molecule has 2 N–H and O–H groups in total. The monoisotopic (exact) mass is 259 g/mol. The quantitative estimate of drug-likeness (QED) is 0.887. The molecule has 0 unspecified atom stereocenters. The maximum Gasteiger partial charge on any atom is 0.291 e. The van der Waals surface area contributed by atoms with E-state index in [4.69, 9.17) is 9.52 Å². The molecule has 1 amide bonds. The Kier molecular flexibility index (Phi) is 4.02. The first-order chi connectivity index (χ1) is 9.13. The lowest BCUT2D eigenvalue weighted by atomic mass is 10.2. The molecule has 4 nitrogen and oxygen atoms in total. The van der Waals surface area contributed by atoms with Crippen LogP contribution in [-0.2, 0) is 13.0 Å². The molecule has 1 aromatic heterocycles. The Bertz CT molecular complexity index is 587. The van der Waals surface area contributed by atoms with E-state index in [9.17, 15) is 4.79 Å². The van der Waals surface area contributed by atoms with Crippen LogP contribution in [0.5, 0.6) is 0 Å². The van der Waals surface area contributed by atoms with E-state index in [1.807, 2.05) is 13.8 Å². The summed E-state index contributed by atoms with van der Waals surface area (Å²) in [6.45, 7) is 3.85. The normalized spacial score (nSPS) is 10.5. The van der Waals surface area contributed by atoms with Crippen molar-refractivity contribution in [3.63, 3.8) is 0 Å². The van der Waals surface area contributed by atoms with Gasteiger partial charge in [-0.25, -0.2) is 0 Å². The Morgan fingerprint density at radius 1 is 1.37 bits per heavy atom. The van der Waals surface area contributed by atoms with Gasteiger partial charge in [-0.15, -0.1) is 0 Å². The second-order valence-electron chi connectivity index (χ2n) is 4.38. The zero-order valence-electron chi connectivity index (χ0n) is 11.1. The zero-order valence-corrected chi connectivity index (χ0v) is 11.1. The molecule has 0 saturated heterocycles. The number of anilines is 1. The van der Waals surface area contributed by atoms with Crippen molar-refractivity contribution in [1.82, 2.24) is 0 Å². The van der Waals surface area contributed by atoms with E-state index in [2.05, 4.69) is 5.32 Å². The number of amides is 1. The minimum atomic E-state index is -0.280. The van der Waals surface area contributed by atoms with Gasteiger partial charge in [-0.3, -0.25) is 4.79 Å². The number of aryl methyl sites for hydroxylation is 2. The van der Waals surface area contributed by atoms with E-state index in [0.717, 1.165) is 23.3 Å². The van der Waals surface area contributed by atoms with Crippen molar-refractivity contribution in [1.29, 1.82) is 0 Å². The Labute approximate surface area is 112 Å². The molecule has 1 aromatic carbocycles. The molecular formula is C15H17NO3. The Morgan fingerprint density at radius 3 is 2.79 bits per heavy atom. The smallest absolute Gasteiger partial charge is 0.291 e. The number of furan rings is 1. The van der Waals surface area contributed by atoms with Crippen molar-refractivity contribution >= 4 is 11.6 Å². The number of carbonyl (C=O) groups is 1. The Morgan fingerprint density at radius 2 is 2.16 bits per heavy atom. The molecule has 0 fully saturated rings. The molecule has 1 heterocycles. The van der Waals surface area contributed by atoms with Gasteiger partial charge in [0.25, 0.3) is 5.91 Å². The summed E-state index contributed by atoms with van der Waals surface area (Å²) in [6, 6.07) is 8.82. The van der Waals surface area contributed by atoms with E-state index in [1.165, 1.54) is 0 Å². The SMILES string of the molecule is CCc1oc(C(=O)Nc2cccc(CO)c2)cc1C. The fraction of sp³-hybridized carbons (Fsp3) is 0.267. The molecule has 0 radical (unpaired) electrons. The third kappa shape index (κ3) is 3.03. The largest absolute Gasteiger partial charge is 0.456 e. The number of nitrogens with one attached hydrogen (secondary N) is 1. The van der Waals surface area contributed by atoms with Gasteiger partial charge in [-0.05, 0) is 36.2 Å². The summed E-state index contributed by atoms with van der Waals surface area (Å²) >= 11 is 0. The summed E-state index contributed by atoms with van der Waals surface area (Å²) in [5, 5.41) is 11.8. The topological polar surface area (TPSA) is 62.5 Å². The molecule has 0 spiro atoms. The summed E-state index contributed by atoms with van der Waals surface area (Å²) in [5.41, 5.74) is 2.38. The maximum absolute atomic E-state index is 12.0. The van der Waals surface area contributed by atoms with Gasteiger partial charge in [0, 0.05) is 12.1 Å². The molecule has 2 aromatic rings. The second-order valence-corrected chi connectivity index (χ2v) is 4.38. The standard InChI is InChI=1S/C15H17NO3/c1-3-13-10(2)7-14(19-13)15(18)16-12-6-4-5-11(8-12)9-17/h4-8,17H,3,9H2,1-2H3,(H,16,18). The number of carbonyl (C=O) groups excluding carboxylic acids is 1. The van der Waals surface area contributed by atoms with Crippen LogP contribution in [-0.4, -0.2) is 11.0 Å². The van der Waals surface area contributed by atoms with E-state index in [0.29, 0.717) is 11.4 Å². The van der Waals surface area contributed by atoms with Gasteiger partial charge in [0.2, 0.25) is 0 Å². The lowest BCUT2D eigenvalue weighted by Gasteiger charge is -2.04. The van der Waals surface area contributed by atoms with Crippen molar-refractivity contribution in [2.45, 2.75) is 26.9 Å². The van der Waals surface area contributed by atoms with Crippen molar-refractivity contribution in [2.24, 2.45) is 0 Å². The van der Waals surface area contributed by atoms with Crippen LogP contribution in [0.1, 0.15) is 34.4 Å². The number of hydrogen-bond donors (Lipinski definition) is 2. The van der Waals surface area contributed by atoms with Gasteiger partial charge in [-0.1, -0.05) is 19.1 Å². The highest BCUT2D eigenvalue weighted by Crippen LogP contribution is 2.17. The zero-order chi connectivity index (χ0) is 13.8. The maximum atomic E-state index is 12.0. The van der Waals surface area contributed by atoms with Gasteiger partial charge < -0.3 is 14.8 Å². The first kappa shape index (κ1) is 13.4. The Balaban J connectivity index is 2.15. The molecule has 19 heavy (non-hydrogen) atoms. The van der Waals surface area contributed by atoms with Gasteiger partial charge >= 0.3 is 0 Å². The molecule has 0 bridgehead atoms. The van der Waals surface area contributed by atoms with Crippen LogP contribution < -0.4 is 5.32 Å². The predicted molar refractivity (Wildman–Crippen MR) is 73.1 cm³/mol. The summed E-state index contributed by atoms with van der Waals surface area (Å²) < 4.78 is 5.49. The molecule has 2 rings (SSSR count). The fourth-order valence-corrected chi connectivity index (χ4v) is 1.92. The molecule has 0 aliphatic rings. The van der Waals surface area contributed by atoms with Crippen LogP contribution in [0.4, 0.5) is 5.69 Å². The fourth-order valence-electron chi connectivity index (χ4n) is 1.92. The minimum Gasteiger partial charge on any atom is -0.456 e. The molecule has 0 aliphatic carbocycles. The van der Waals surface area contributed by atoms with Gasteiger partial charge in [0.15, 0.2) is 5.76 Å². The molecule has 0 aliphatic heterocycles. The van der Waals surface area contributed by atoms with Crippen LogP contribution in [0.2, 0.25) is 0 Å². The summed E-state index contributed by atoms with van der Waals surface area (Å²) in [4.78, 5) is 12.0. The molecule has 4 heteroatoms. The minimum absolute atomic E-state index is 0.0520. The van der Waals surface area contributed by atoms with Gasteiger partial charge in [0.05, 0.1) is 6.61 Å². The van der Waals surface area contributed by atoms with Crippen molar-refractivity contribution in [2.75, 3.05) is 5.32 Å². The van der Waals surface area contributed by atoms with E-state index >= 15 is 0 Å². The van der Waals surface area contributed by atoms with E-state index < -0.39 is 0 Å². The van der Waals surface area contributed by atoms with E-state index in [-0.39, 0.29) is 12.5 Å². The first-order valence-electron chi connectivity index (χ1n) is 6.24. The Hall–Kier alpha value is -2.07. The van der Waals surface area contributed by atoms with Gasteiger partial charge in [-0.2, -0.15) is 0 Å². The van der Waals surface area contributed by atoms with Gasteiger partial charge in [0.1, 0.15) is 5.76 Å². The lowest BCUT2D eigenvalue weighted by Crippen LogP contribution is -2.11. The van der Waals surface area contributed by atoms with Crippen molar-refractivity contribution < 1.29 is 14.3 Å². The third-order valence-corrected chi connectivity index (χ3v) is 2.93. The highest BCUT2D eigenvalue weighted by atomic mass is 16.4. The lowest BCUT2D eigenvalue weighted by molar-refractivity contribution is 0.0995. The highest BCUT2D eigenvalue weighted by Gasteiger charge is 2.13. The number of benzene rings is 1. The number of hydrogen-bond acceptors (Lipinski definition) is 3. The molecular weight excluding hydrogens is 242 g/mol. The second kappa shape index (κ2) is 5.71. The molecule has 0 saturated carbocycles. The number of rotatable bonds is 4.